The van der Waals surface area contributed by atoms with Crippen molar-refractivity contribution in [3.63, 3.8) is 0 Å². The van der Waals surface area contributed by atoms with Crippen LogP contribution in [-0.4, -0.2) is 62.1 Å². The molecule has 5 atom stereocenters. The summed E-state index contributed by atoms with van der Waals surface area (Å²) >= 11 is 0. The first-order valence-corrected chi connectivity index (χ1v) is 11.3. The van der Waals surface area contributed by atoms with Crippen LogP contribution in [0.2, 0.25) is 0 Å². The van der Waals surface area contributed by atoms with E-state index in [0.29, 0.717) is 23.3 Å². The zero-order valence-corrected chi connectivity index (χ0v) is 18.6. The van der Waals surface area contributed by atoms with Crippen LogP contribution in [0.4, 0.5) is 5.82 Å². The first-order valence-electron chi connectivity index (χ1n) is 11.3. The fourth-order valence-electron chi connectivity index (χ4n) is 4.51. The Morgan fingerprint density at radius 1 is 0.971 bits per heavy atom. The van der Waals surface area contributed by atoms with Gasteiger partial charge in [0.05, 0.1) is 25.6 Å². The Morgan fingerprint density at radius 2 is 1.74 bits per heavy atom. The van der Waals surface area contributed by atoms with Crippen LogP contribution >= 0.6 is 0 Å². The van der Waals surface area contributed by atoms with Gasteiger partial charge in [-0.1, -0.05) is 48.5 Å². The van der Waals surface area contributed by atoms with E-state index in [1.807, 2.05) is 36.4 Å². The Hall–Kier alpha value is -3.70. The number of nitrogens with one attached hydrogen (secondary N) is 1. The summed E-state index contributed by atoms with van der Waals surface area (Å²) in [5, 5.41) is 14.1. The van der Waals surface area contributed by atoms with Crippen molar-refractivity contribution in [3.8, 4) is 0 Å². The molecular weight excluding hydrogens is 450 g/mol. The van der Waals surface area contributed by atoms with E-state index in [9.17, 15) is 9.90 Å². The Morgan fingerprint density at radius 3 is 2.54 bits per heavy atom. The van der Waals surface area contributed by atoms with E-state index < -0.39 is 24.5 Å². The van der Waals surface area contributed by atoms with Crippen molar-refractivity contribution in [2.45, 2.75) is 30.6 Å². The van der Waals surface area contributed by atoms with Crippen LogP contribution in [0.3, 0.4) is 0 Å². The second-order valence-corrected chi connectivity index (χ2v) is 8.47. The number of benzene rings is 2. The summed E-state index contributed by atoms with van der Waals surface area (Å²) in [6.45, 7) is 0.544. The summed E-state index contributed by atoms with van der Waals surface area (Å²) in [7, 11) is 0. The lowest BCUT2D eigenvalue weighted by atomic mass is 9.97. The Balaban J connectivity index is 1.25. The molecule has 0 saturated carbocycles. The van der Waals surface area contributed by atoms with Gasteiger partial charge in [-0.15, -0.1) is 0 Å². The average molecular weight is 473 g/mol. The molecule has 35 heavy (non-hydrogen) atoms. The third-order valence-electron chi connectivity index (χ3n) is 6.33. The van der Waals surface area contributed by atoms with Crippen molar-refractivity contribution in [3.05, 3.63) is 84.4 Å². The third kappa shape index (κ3) is 4.06. The number of hydrogen-bond donors (Lipinski definition) is 2. The van der Waals surface area contributed by atoms with Crippen LogP contribution in [0.25, 0.3) is 11.2 Å². The molecule has 2 aromatic carbocycles. The number of ether oxygens (including phenoxy) is 3. The van der Waals surface area contributed by atoms with Crippen LogP contribution in [0, 0.1) is 0 Å². The van der Waals surface area contributed by atoms with Gasteiger partial charge in [-0.25, -0.2) is 15.0 Å². The summed E-state index contributed by atoms with van der Waals surface area (Å²) < 4.78 is 19.7. The molecule has 10 heteroatoms. The number of rotatable bonds is 4. The summed E-state index contributed by atoms with van der Waals surface area (Å²) in [4.78, 5) is 25.6. The maximum atomic E-state index is 12.6. The molecule has 10 nitrogen and oxygen atoms in total. The molecular formula is C25H23N5O5. The van der Waals surface area contributed by atoms with E-state index in [-0.39, 0.29) is 24.4 Å². The van der Waals surface area contributed by atoms with E-state index in [1.54, 1.807) is 35.2 Å². The van der Waals surface area contributed by atoms with Crippen molar-refractivity contribution in [2.24, 2.45) is 0 Å². The number of aliphatic hydroxyl groups excluding tert-OH is 1. The lowest BCUT2D eigenvalue weighted by Gasteiger charge is -2.45. The fourth-order valence-corrected chi connectivity index (χ4v) is 4.51. The van der Waals surface area contributed by atoms with Gasteiger partial charge < -0.3 is 29.2 Å². The predicted molar refractivity (Wildman–Crippen MR) is 125 cm³/mol. The van der Waals surface area contributed by atoms with E-state index in [0.717, 1.165) is 5.56 Å². The van der Waals surface area contributed by atoms with Gasteiger partial charge in [0.15, 0.2) is 23.3 Å². The summed E-state index contributed by atoms with van der Waals surface area (Å²) in [5.41, 5.74) is 2.27. The molecule has 0 spiro atoms. The van der Waals surface area contributed by atoms with E-state index in [4.69, 9.17) is 14.2 Å². The van der Waals surface area contributed by atoms with Gasteiger partial charge in [0.2, 0.25) is 0 Å². The molecule has 2 aliphatic heterocycles. The number of hydrogen-bond acceptors (Lipinski definition) is 8. The van der Waals surface area contributed by atoms with E-state index in [1.165, 1.54) is 6.33 Å². The monoisotopic (exact) mass is 473 g/mol. The lowest BCUT2D eigenvalue weighted by molar-refractivity contribution is -0.306. The molecule has 2 N–H and O–H groups in total. The quantitative estimate of drug-likeness (QED) is 0.464. The minimum absolute atomic E-state index is 0.228. The van der Waals surface area contributed by atoms with Crippen molar-refractivity contribution in [1.29, 1.82) is 0 Å². The first kappa shape index (κ1) is 21.8. The second kappa shape index (κ2) is 9.16. The number of fused-ring (bicyclic) bond motifs is 2. The summed E-state index contributed by atoms with van der Waals surface area (Å²) in [5.74, 6) is -0.00950. The molecule has 4 heterocycles. The largest absolute Gasteiger partial charge is 0.388 e. The Labute approximate surface area is 200 Å². The highest BCUT2D eigenvalue weighted by Gasteiger charge is 2.46. The number of carbonyl (C=O) groups is 1. The van der Waals surface area contributed by atoms with Crippen LogP contribution < -0.4 is 5.32 Å². The van der Waals surface area contributed by atoms with Gasteiger partial charge in [0.25, 0.3) is 5.91 Å². The summed E-state index contributed by atoms with van der Waals surface area (Å²) in [6, 6.07) is 17.9. The standard InChI is InChI=1S/C25H23N5O5/c31-20-17(11-33-18-12-34-25(35-21(18)20)16-9-5-2-6-10-16)30-14-28-19-22(26-13-27-23(19)30)29-24(32)15-7-3-1-4-8-15/h1-10,13-14,17-18,20-21,25,31H,11-12H2,(H,26,27,29,32). The minimum Gasteiger partial charge on any atom is -0.388 e. The molecule has 4 aromatic rings. The number of aromatic nitrogens is 4. The highest BCUT2D eigenvalue weighted by molar-refractivity contribution is 6.06. The molecule has 2 saturated heterocycles. The van der Waals surface area contributed by atoms with Crippen molar-refractivity contribution < 1.29 is 24.1 Å². The van der Waals surface area contributed by atoms with Crippen LogP contribution in [0.15, 0.2) is 73.3 Å². The molecule has 6 rings (SSSR count). The number of amides is 1. The van der Waals surface area contributed by atoms with Crippen LogP contribution in [0.1, 0.15) is 28.3 Å². The van der Waals surface area contributed by atoms with E-state index in [2.05, 4.69) is 20.3 Å². The number of carbonyl (C=O) groups excluding carboxylic acids is 1. The zero-order valence-electron chi connectivity index (χ0n) is 18.6. The highest BCUT2D eigenvalue weighted by atomic mass is 16.7. The molecule has 2 fully saturated rings. The fraction of sp³-hybridized carbons (Fsp3) is 0.280. The minimum atomic E-state index is -0.890. The second-order valence-electron chi connectivity index (χ2n) is 8.47. The number of aliphatic hydroxyl groups is 1. The third-order valence-corrected chi connectivity index (χ3v) is 6.33. The predicted octanol–water partition coefficient (Wildman–Crippen LogP) is 2.49. The molecule has 178 valence electrons. The maximum Gasteiger partial charge on any atom is 0.256 e. The molecule has 2 aliphatic rings. The smallest absolute Gasteiger partial charge is 0.256 e. The lowest BCUT2D eigenvalue weighted by Crippen LogP contribution is -2.56. The van der Waals surface area contributed by atoms with Gasteiger partial charge in [0, 0.05) is 11.1 Å². The number of nitrogens with zero attached hydrogens (tertiary/aromatic N) is 4. The van der Waals surface area contributed by atoms with Crippen LogP contribution in [0.5, 0.6) is 0 Å². The maximum absolute atomic E-state index is 12.6. The van der Waals surface area contributed by atoms with Gasteiger partial charge in [-0.3, -0.25) is 4.79 Å². The average Bonchev–Trinajstić information content (AvgIpc) is 3.35. The normalized spacial score (nSPS) is 26.3. The molecule has 2 aromatic heterocycles. The molecule has 0 bridgehead atoms. The van der Waals surface area contributed by atoms with Crippen LogP contribution in [-0.2, 0) is 14.2 Å². The van der Waals surface area contributed by atoms with Gasteiger partial charge in [-0.05, 0) is 12.1 Å². The highest BCUT2D eigenvalue weighted by Crippen LogP contribution is 2.36. The first-order chi connectivity index (χ1) is 17.2. The van der Waals surface area contributed by atoms with Gasteiger partial charge in [0.1, 0.15) is 24.6 Å². The van der Waals surface area contributed by atoms with Crippen molar-refractivity contribution in [1.82, 2.24) is 19.5 Å². The summed E-state index contributed by atoms with van der Waals surface area (Å²) in [6.07, 6.45) is 0.477. The SMILES string of the molecule is O=C(Nc1ncnc2c1ncn2C1COC2COC(c3ccccc3)OC2C1O)c1ccccc1. The zero-order chi connectivity index (χ0) is 23.8. The molecule has 0 aliphatic carbocycles. The van der Waals surface area contributed by atoms with Gasteiger partial charge >= 0.3 is 0 Å². The van der Waals surface area contributed by atoms with Crippen molar-refractivity contribution >= 4 is 22.9 Å². The Bertz CT molecular complexity index is 1330. The molecule has 0 radical (unpaired) electrons. The molecule has 5 unspecified atom stereocenters. The topological polar surface area (TPSA) is 121 Å². The van der Waals surface area contributed by atoms with Gasteiger partial charge in [-0.2, -0.15) is 0 Å². The van der Waals surface area contributed by atoms with E-state index >= 15 is 0 Å². The van der Waals surface area contributed by atoms with Crippen molar-refractivity contribution in [2.75, 3.05) is 18.5 Å². The number of anilines is 1. The number of imidazole rings is 1. The molecule has 1 amide bonds. The Kier molecular flexibility index (Phi) is 5.71.